The summed E-state index contributed by atoms with van der Waals surface area (Å²) >= 11 is 0. The van der Waals surface area contributed by atoms with Gasteiger partial charge < -0.3 is 19.8 Å². The molecule has 0 saturated carbocycles. The predicted octanol–water partition coefficient (Wildman–Crippen LogP) is 2.01. The molecular weight excluding hydrogens is 416 g/mol. The molecule has 0 unspecified atom stereocenters. The molecule has 2 aliphatic rings. The Hall–Kier alpha value is -4.14. The van der Waals surface area contributed by atoms with Crippen molar-refractivity contribution < 1.29 is 34.1 Å². The van der Waals surface area contributed by atoms with Crippen molar-refractivity contribution in [2.75, 3.05) is 6.61 Å². The second-order valence-electron chi connectivity index (χ2n) is 7.44. The number of carboxylic acid groups (broad SMARTS) is 2. The molecule has 2 aliphatic heterocycles. The summed E-state index contributed by atoms with van der Waals surface area (Å²) < 4.78 is 5.20. The number of aliphatic carboxylic acids is 2. The summed E-state index contributed by atoms with van der Waals surface area (Å²) in [6.45, 7) is 0.0308. The Morgan fingerprint density at radius 3 is 2.16 bits per heavy atom. The molecule has 2 amide bonds. The molecule has 164 valence electrons. The van der Waals surface area contributed by atoms with Crippen LogP contribution in [0.1, 0.15) is 17.2 Å². The molecule has 0 bridgehead atoms. The molecule has 2 aromatic carbocycles. The van der Waals surface area contributed by atoms with Gasteiger partial charge in [0, 0.05) is 0 Å². The van der Waals surface area contributed by atoms with E-state index in [1.165, 1.54) is 4.90 Å². The van der Waals surface area contributed by atoms with E-state index in [1.54, 1.807) is 60.7 Å². The fraction of sp³-hybridized carbons (Fsp3) is 0.217. The molecule has 0 radical (unpaired) electrons. The number of nitrogens with zero attached hydrogens (tertiary/aromatic N) is 2. The number of carboxylic acids is 2. The lowest BCUT2D eigenvalue weighted by molar-refractivity contribution is -0.175. The molecule has 2 fully saturated rings. The molecule has 2 N–H and O–H groups in total. The van der Waals surface area contributed by atoms with Gasteiger partial charge in [-0.1, -0.05) is 72.8 Å². The Labute approximate surface area is 183 Å². The maximum atomic E-state index is 13.1. The molecule has 2 saturated heterocycles. The molecule has 0 aliphatic carbocycles. The van der Waals surface area contributed by atoms with Crippen molar-refractivity contribution in [3.05, 3.63) is 77.9 Å². The first-order valence-corrected chi connectivity index (χ1v) is 9.91. The van der Waals surface area contributed by atoms with Gasteiger partial charge in [0.2, 0.25) is 11.9 Å². The Morgan fingerprint density at radius 2 is 1.56 bits per heavy atom. The lowest BCUT2D eigenvalue weighted by Crippen LogP contribution is -2.74. The Bertz CT molecular complexity index is 1060. The van der Waals surface area contributed by atoms with E-state index in [9.17, 15) is 29.4 Å². The third-order valence-corrected chi connectivity index (χ3v) is 5.58. The first-order valence-electron chi connectivity index (χ1n) is 9.91. The van der Waals surface area contributed by atoms with Gasteiger partial charge in [-0.05, 0) is 11.1 Å². The van der Waals surface area contributed by atoms with Crippen molar-refractivity contribution in [2.24, 2.45) is 0 Å². The summed E-state index contributed by atoms with van der Waals surface area (Å²) in [6.07, 6.45) is 2.50. The van der Waals surface area contributed by atoms with Gasteiger partial charge in [-0.3, -0.25) is 9.69 Å². The van der Waals surface area contributed by atoms with Crippen LogP contribution in [0.3, 0.4) is 0 Å². The summed E-state index contributed by atoms with van der Waals surface area (Å²) in [5, 5.41) is 18.9. The van der Waals surface area contributed by atoms with Crippen molar-refractivity contribution in [2.45, 2.75) is 24.2 Å². The number of β-lactam (4-membered cyclic amide) rings is 1. The fourth-order valence-corrected chi connectivity index (χ4v) is 4.09. The Kier molecular flexibility index (Phi) is 5.63. The lowest BCUT2D eigenvalue weighted by atomic mass is 9.88. The van der Waals surface area contributed by atoms with E-state index in [0.29, 0.717) is 0 Å². The van der Waals surface area contributed by atoms with Crippen molar-refractivity contribution in [1.29, 1.82) is 0 Å². The van der Waals surface area contributed by atoms with Crippen molar-refractivity contribution in [3.63, 3.8) is 0 Å². The predicted molar refractivity (Wildman–Crippen MR) is 111 cm³/mol. The van der Waals surface area contributed by atoms with Crippen LogP contribution in [0.25, 0.3) is 6.08 Å². The molecule has 2 heterocycles. The van der Waals surface area contributed by atoms with Gasteiger partial charge in [0.25, 0.3) is 0 Å². The Morgan fingerprint density at radius 1 is 0.969 bits per heavy atom. The summed E-state index contributed by atoms with van der Waals surface area (Å²) in [5.41, 5.74) is 1.53. The third-order valence-electron chi connectivity index (χ3n) is 5.58. The van der Waals surface area contributed by atoms with Gasteiger partial charge in [-0.25, -0.2) is 14.4 Å². The quantitative estimate of drug-likeness (QED) is 0.502. The zero-order valence-electron chi connectivity index (χ0n) is 16.8. The zero-order valence-corrected chi connectivity index (χ0v) is 16.8. The summed E-state index contributed by atoms with van der Waals surface area (Å²) in [6, 6.07) is 13.4. The van der Waals surface area contributed by atoms with Crippen LogP contribution in [-0.4, -0.2) is 68.7 Å². The van der Waals surface area contributed by atoms with E-state index in [2.05, 4.69) is 0 Å². The number of hydrogen-bond donors (Lipinski definition) is 2. The van der Waals surface area contributed by atoms with Crippen molar-refractivity contribution >= 4 is 30.0 Å². The van der Waals surface area contributed by atoms with Crippen LogP contribution in [0.4, 0.5) is 4.79 Å². The van der Waals surface area contributed by atoms with E-state index in [0.717, 1.165) is 16.0 Å². The number of carbonyl (C=O) groups excluding carboxylic acids is 2. The molecule has 9 heteroatoms. The molecule has 9 nitrogen and oxygen atoms in total. The minimum Gasteiger partial charge on any atom is -0.479 e. The highest BCUT2D eigenvalue weighted by molar-refractivity contribution is 6.05. The van der Waals surface area contributed by atoms with Gasteiger partial charge in [-0.15, -0.1) is 0 Å². The van der Waals surface area contributed by atoms with E-state index in [4.69, 9.17) is 4.74 Å². The van der Waals surface area contributed by atoms with Crippen molar-refractivity contribution in [1.82, 2.24) is 9.80 Å². The summed E-state index contributed by atoms with van der Waals surface area (Å²) in [5.74, 6) is -4.08. The maximum absolute atomic E-state index is 13.1. The monoisotopic (exact) mass is 436 g/mol. The first kappa shape index (κ1) is 21.1. The molecule has 4 rings (SSSR count). The van der Waals surface area contributed by atoms with E-state index >= 15 is 0 Å². The molecule has 32 heavy (non-hydrogen) atoms. The number of likely N-dealkylation sites (tertiary alicyclic amines) is 1. The second-order valence-corrected chi connectivity index (χ2v) is 7.44. The number of hydrogen-bond acceptors (Lipinski definition) is 5. The number of rotatable bonds is 7. The molecule has 0 aromatic heterocycles. The largest absolute Gasteiger partial charge is 0.479 e. The second kappa shape index (κ2) is 8.54. The maximum Gasteiger partial charge on any atom is 0.411 e. The fourth-order valence-electron chi connectivity index (χ4n) is 4.09. The van der Waals surface area contributed by atoms with E-state index in [-0.39, 0.29) is 6.61 Å². The van der Waals surface area contributed by atoms with Crippen LogP contribution in [0.5, 0.6) is 0 Å². The summed E-state index contributed by atoms with van der Waals surface area (Å²) in [7, 11) is 0. The first-order chi connectivity index (χ1) is 15.4. The average Bonchev–Trinajstić information content (AvgIpc) is 3.15. The lowest BCUT2D eigenvalue weighted by Gasteiger charge is -2.50. The number of ether oxygens (including phenoxy) is 1. The third kappa shape index (κ3) is 3.68. The van der Waals surface area contributed by atoms with Crippen LogP contribution in [0.15, 0.2) is 66.7 Å². The summed E-state index contributed by atoms with van der Waals surface area (Å²) in [4.78, 5) is 50.9. The standard InChI is InChI=1S/C23H20N2O7/c26-20-18(25-17(13-32-23(25)31)15-9-5-2-6-10-15)16(12-11-14-7-3-1-4-8-14)24(20)19(21(27)28)22(29)30/h1-12,16-19H,13H2,(H,27,28)(H,29,30)/t16-,17-,18+/m1/s1. The normalized spacial score (nSPS) is 22.8. The van der Waals surface area contributed by atoms with Gasteiger partial charge in [0.15, 0.2) is 0 Å². The highest BCUT2D eigenvalue weighted by atomic mass is 16.6. The number of benzene rings is 2. The van der Waals surface area contributed by atoms with Crippen LogP contribution < -0.4 is 0 Å². The van der Waals surface area contributed by atoms with Crippen LogP contribution in [0, 0.1) is 0 Å². The molecular formula is C23H20N2O7. The average molecular weight is 436 g/mol. The van der Waals surface area contributed by atoms with Crippen LogP contribution in [-0.2, 0) is 19.1 Å². The molecule has 3 atom stereocenters. The smallest absolute Gasteiger partial charge is 0.411 e. The minimum atomic E-state index is -2.07. The van der Waals surface area contributed by atoms with Crippen LogP contribution in [0.2, 0.25) is 0 Å². The van der Waals surface area contributed by atoms with Crippen molar-refractivity contribution in [3.8, 4) is 0 Å². The number of amides is 2. The van der Waals surface area contributed by atoms with Crippen LogP contribution >= 0.6 is 0 Å². The van der Waals surface area contributed by atoms with E-state index in [1.807, 2.05) is 12.1 Å². The number of cyclic esters (lactones) is 1. The highest BCUT2D eigenvalue weighted by Gasteiger charge is 2.59. The minimum absolute atomic E-state index is 0.0308. The van der Waals surface area contributed by atoms with Gasteiger partial charge in [0.05, 0.1) is 12.1 Å². The molecule has 0 spiro atoms. The number of carbonyl (C=O) groups is 4. The van der Waals surface area contributed by atoms with Gasteiger partial charge >= 0.3 is 18.0 Å². The van der Waals surface area contributed by atoms with E-state index < -0.39 is 48.1 Å². The zero-order chi connectivity index (χ0) is 22.8. The van der Waals surface area contributed by atoms with Gasteiger partial charge in [-0.2, -0.15) is 0 Å². The SMILES string of the molecule is O=C(O)C(C(=O)O)N1C(=O)[C@@H](N2C(=O)OC[C@@H]2c2ccccc2)[C@H]1C=Cc1ccccc1. The Balaban J connectivity index is 1.71. The molecule has 2 aromatic rings. The highest BCUT2D eigenvalue weighted by Crippen LogP contribution is 2.38. The van der Waals surface area contributed by atoms with Gasteiger partial charge in [0.1, 0.15) is 12.6 Å². The topological polar surface area (TPSA) is 124 Å².